The Hall–Kier alpha value is -2.77. The zero-order chi connectivity index (χ0) is 17.2. The smallest absolute Gasteiger partial charge is 0.393 e. The van der Waals surface area contributed by atoms with Crippen LogP contribution in [0.25, 0.3) is 0 Å². The third-order valence-electron chi connectivity index (χ3n) is 2.88. The SMILES string of the molecule is O=Cc1ccccc1C(=O)OC(F)(F)c1ccc(F)c(F)c1F. The molecule has 0 saturated carbocycles. The van der Waals surface area contributed by atoms with Gasteiger partial charge in [0.15, 0.2) is 23.7 Å². The first-order valence-electron chi connectivity index (χ1n) is 6.07. The Balaban J connectivity index is 2.36. The molecule has 2 rings (SSSR count). The molecule has 0 aromatic heterocycles. The second-order valence-corrected chi connectivity index (χ2v) is 4.33. The number of carbonyl (C=O) groups excluding carboxylic acids is 2. The van der Waals surface area contributed by atoms with Gasteiger partial charge in [0.2, 0.25) is 0 Å². The highest BCUT2D eigenvalue weighted by molar-refractivity contribution is 5.98. The third-order valence-corrected chi connectivity index (χ3v) is 2.88. The maximum atomic E-state index is 13.8. The number of esters is 1. The van der Waals surface area contributed by atoms with E-state index in [1.54, 1.807) is 0 Å². The number of ether oxygens (including phenoxy) is 1. The Morgan fingerprint density at radius 1 is 1.00 bits per heavy atom. The summed E-state index contributed by atoms with van der Waals surface area (Å²) in [6.45, 7) is 0. The first kappa shape index (κ1) is 16.6. The van der Waals surface area contributed by atoms with Crippen molar-refractivity contribution in [3.63, 3.8) is 0 Å². The molecule has 0 unspecified atom stereocenters. The summed E-state index contributed by atoms with van der Waals surface area (Å²) in [5.41, 5.74) is -2.35. The average Bonchev–Trinajstić information content (AvgIpc) is 2.51. The van der Waals surface area contributed by atoms with Gasteiger partial charge in [-0.05, 0) is 18.2 Å². The molecule has 0 atom stereocenters. The van der Waals surface area contributed by atoms with E-state index in [-0.39, 0.29) is 24.0 Å². The maximum absolute atomic E-state index is 13.8. The normalized spacial score (nSPS) is 11.2. The predicted octanol–water partition coefficient (Wildman–Crippen LogP) is 3.82. The van der Waals surface area contributed by atoms with Crippen molar-refractivity contribution in [2.45, 2.75) is 6.11 Å². The van der Waals surface area contributed by atoms with Gasteiger partial charge in [-0.25, -0.2) is 18.0 Å². The van der Waals surface area contributed by atoms with Crippen molar-refractivity contribution >= 4 is 12.3 Å². The predicted molar refractivity (Wildman–Crippen MR) is 67.5 cm³/mol. The van der Waals surface area contributed by atoms with Crippen LogP contribution in [0.2, 0.25) is 0 Å². The fourth-order valence-corrected chi connectivity index (χ4v) is 1.76. The van der Waals surface area contributed by atoms with E-state index >= 15 is 0 Å². The number of hydrogen-bond donors (Lipinski definition) is 0. The zero-order valence-corrected chi connectivity index (χ0v) is 11.2. The number of halogens is 5. The van der Waals surface area contributed by atoms with Gasteiger partial charge in [0.05, 0.1) is 5.56 Å². The number of aldehydes is 1. The summed E-state index contributed by atoms with van der Waals surface area (Å²) in [4.78, 5) is 22.5. The van der Waals surface area contributed by atoms with Crippen molar-refractivity contribution < 1.29 is 36.3 Å². The summed E-state index contributed by atoms with van der Waals surface area (Å²) in [6, 6.07) is 5.43. The van der Waals surface area contributed by atoms with Gasteiger partial charge in [0, 0.05) is 5.56 Å². The minimum atomic E-state index is -4.56. The summed E-state index contributed by atoms with van der Waals surface area (Å²) < 4.78 is 70.8. The fourth-order valence-electron chi connectivity index (χ4n) is 1.76. The van der Waals surface area contributed by atoms with E-state index in [0.717, 1.165) is 6.07 Å². The van der Waals surface area contributed by atoms with Crippen LogP contribution in [0, 0.1) is 17.5 Å². The Kier molecular flexibility index (Phi) is 4.44. The highest BCUT2D eigenvalue weighted by Gasteiger charge is 2.41. The van der Waals surface area contributed by atoms with Gasteiger partial charge in [-0.1, -0.05) is 18.2 Å². The average molecular weight is 330 g/mol. The molecular weight excluding hydrogens is 323 g/mol. The molecule has 0 bridgehead atoms. The Morgan fingerprint density at radius 3 is 2.30 bits per heavy atom. The molecule has 0 radical (unpaired) electrons. The molecule has 0 aliphatic carbocycles. The quantitative estimate of drug-likeness (QED) is 0.370. The van der Waals surface area contributed by atoms with Crippen LogP contribution in [-0.2, 0) is 10.8 Å². The number of rotatable bonds is 4. The standard InChI is InChI=1S/C15H7F5O3/c16-11-6-5-10(12(17)13(11)18)15(19,20)23-14(22)9-4-2-1-3-8(9)7-21/h1-7H. The summed E-state index contributed by atoms with van der Waals surface area (Å²) >= 11 is 0. The van der Waals surface area contributed by atoms with Gasteiger partial charge < -0.3 is 4.74 Å². The summed E-state index contributed by atoms with van der Waals surface area (Å²) in [7, 11) is 0. The summed E-state index contributed by atoms with van der Waals surface area (Å²) in [6.07, 6.45) is -4.32. The van der Waals surface area contributed by atoms with Gasteiger partial charge >= 0.3 is 12.1 Å². The lowest BCUT2D eigenvalue weighted by Crippen LogP contribution is -2.25. The van der Waals surface area contributed by atoms with Gasteiger partial charge in [0.1, 0.15) is 5.56 Å². The first-order chi connectivity index (χ1) is 10.8. The molecule has 0 amide bonds. The summed E-state index contributed by atoms with van der Waals surface area (Å²) in [5, 5.41) is 0. The minimum Gasteiger partial charge on any atom is -0.393 e. The first-order valence-corrected chi connectivity index (χ1v) is 6.07. The highest BCUT2D eigenvalue weighted by Crippen LogP contribution is 2.34. The van der Waals surface area contributed by atoms with Crippen LogP contribution < -0.4 is 0 Å². The van der Waals surface area contributed by atoms with Crippen LogP contribution in [0.1, 0.15) is 26.3 Å². The zero-order valence-electron chi connectivity index (χ0n) is 11.2. The molecule has 120 valence electrons. The van der Waals surface area contributed by atoms with Crippen LogP contribution in [-0.4, -0.2) is 12.3 Å². The third kappa shape index (κ3) is 3.20. The minimum absolute atomic E-state index is 0.223. The molecule has 0 saturated heterocycles. The second-order valence-electron chi connectivity index (χ2n) is 4.33. The number of benzene rings is 2. The molecule has 8 heteroatoms. The van der Waals surface area contributed by atoms with Crippen LogP contribution >= 0.6 is 0 Å². The van der Waals surface area contributed by atoms with Crippen LogP contribution in [0.5, 0.6) is 0 Å². The van der Waals surface area contributed by atoms with Crippen LogP contribution in [0.3, 0.4) is 0 Å². The number of alkyl halides is 2. The molecular formula is C15H7F5O3. The van der Waals surface area contributed by atoms with Crippen LogP contribution in [0.4, 0.5) is 22.0 Å². The largest absolute Gasteiger partial charge is 0.431 e. The molecule has 0 N–H and O–H groups in total. The van der Waals surface area contributed by atoms with E-state index in [0.29, 0.717) is 0 Å². The fraction of sp³-hybridized carbons (Fsp3) is 0.0667. The van der Waals surface area contributed by atoms with Crippen LogP contribution in [0.15, 0.2) is 36.4 Å². The lowest BCUT2D eigenvalue weighted by Gasteiger charge is -2.18. The highest BCUT2D eigenvalue weighted by atomic mass is 19.3. The Morgan fingerprint density at radius 2 is 1.65 bits per heavy atom. The molecule has 2 aromatic rings. The lowest BCUT2D eigenvalue weighted by atomic mass is 10.1. The Bertz CT molecular complexity index is 774. The molecule has 0 aliphatic rings. The van der Waals surface area contributed by atoms with E-state index in [2.05, 4.69) is 4.74 Å². The van der Waals surface area contributed by atoms with Crippen molar-refractivity contribution in [2.75, 3.05) is 0 Å². The van der Waals surface area contributed by atoms with E-state index in [1.807, 2.05) is 0 Å². The van der Waals surface area contributed by atoms with Crippen molar-refractivity contribution in [3.05, 3.63) is 70.5 Å². The molecule has 0 heterocycles. The van der Waals surface area contributed by atoms with Crippen molar-refractivity contribution in [2.24, 2.45) is 0 Å². The van der Waals surface area contributed by atoms with Gasteiger partial charge in [-0.2, -0.15) is 8.78 Å². The number of carbonyl (C=O) groups is 2. The van der Waals surface area contributed by atoms with Crippen molar-refractivity contribution in [3.8, 4) is 0 Å². The van der Waals surface area contributed by atoms with Crippen molar-refractivity contribution in [1.29, 1.82) is 0 Å². The summed E-state index contributed by atoms with van der Waals surface area (Å²) in [5.74, 6) is -7.58. The van der Waals surface area contributed by atoms with E-state index in [9.17, 15) is 31.5 Å². The monoisotopic (exact) mass is 330 g/mol. The lowest BCUT2D eigenvalue weighted by molar-refractivity contribution is -0.211. The molecule has 3 nitrogen and oxygen atoms in total. The van der Waals surface area contributed by atoms with E-state index in [1.165, 1.54) is 18.2 Å². The van der Waals surface area contributed by atoms with E-state index in [4.69, 9.17) is 0 Å². The second kappa shape index (κ2) is 6.15. The molecule has 0 aliphatic heterocycles. The molecule has 0 fully saturated rings. The maximum Gasteiger partial charge on any atom is 0.431 e. The van der Waals surface area contributed by atoms with Gasteiger partial charge in [-0.15, -0.1) is 0 Å². The van der Waals surface area contributed by atoms with Gasteiger partial charge in [0.25, 0.3) is 0 Å². The molecule has 2 aromatic carbocycles. The number of hydrogen-bond acceptors (Lipinski definition) is 3. The molecule has 0 spiro atoms. The van der Waals surface area contributed by atoms with Crippen molar-refractivity contribution in [1.82, 2.24) is 0 Å². The van der Waals surface area contributed by atoms with E-state index < -0.39 is 40.7 Å². The topological polar surface area (TPSA) is 43.4 Å². The van der Waals surface area contributed by atoms with Gasteiger partial charge in [-0.3, -0.25) is 4.79 Å². The molecule has 23 heavy (non-hydrogen) atoms. The Labute approximate surface area is 126 Å².